The molecule has 2 heterocycles. The van der Waals surface area contributed by atoms with Gasteiger partial charge in [0.15, 0.2) is 5.82 Å². The van der Waals surface area contributed by atoms with E-state index in [1.807, 2.05) is 82.5 Å². The molecule has 1 aliphatic rings. The Morgan fingerprint density at radius 2 is 1.59 bits per heavy atom. The van der Waals surface area contributed by atoms with Gasteiger partial charge in [0, 0.05) is 36.0 Å². The van der Waals surface area contributed by atoms with E-state index < -0.39 is 0 Å². The Morgan fingerprint density at radius 3 is 2.24 bits per heavy atom. The van der Waals surface area contributed by atoms with Gasteiger partial charge >= 0.3 is 0 Å². The van der Waals surface area contributed by atoms with Gasteiger partial charge < -0.3 is 24.3 Å². The number of benzene rings is 2. The van der Waals surface area contributed by atoms with Gasteiger partial charge in [0.25, 0.3) is 11.8 Å². The van der Waals surface area contributed by atoms with Crippen LogP contribution in [-0.2, 0) is 13.0 Å². The fourth-order valence-electron chi connectivity index (χ4n) is 4.53. The number of rotatable bonds is 8. The molecular formula is C29H36N4O4. The highest BCUT2D eigenvalue weighted by Gasteiger charge is 2.30. The number of nitrogens with zero attached hydrogens (tertiary/aromatic N) is 3. The molecule has 0 saturated carbocycles. The molecular weight excluding hydrogens is 468 g/mol. The highest BCUT2D eigenvalue weighted by molar-refractivity contribution is 6.02. The lowest BCUT2D eigenvalue weighted by atomic mass is 10.1. The lowest BCUT2D eigenvalue weighted by Crippen LogP contribution is -2.36. The molecule has 4 rings (SSSR count). The summed E-state index contributed by atoms with van der Waals surface area (Å²) in [7, 11) is 0. The predicted octanol–water partition coefficient (Wildman–Crippen LogP) is 5.49. The van der Waals surface area contributed by atoms with Crippen molar-refractivity contribution in [1.82, 2.24) is 14.5 Å². The third-order valence-electron chi connectivity index (χ3n) is 6.00. The van der Waals surface area contributed by atoms with Gasteiger partial charge in [0.05, 0.1) is 24.4 Å². The number of carbonyl (C=O) groups is 2. The summed E-state index contributed by atoms with van der Waals surface area (Å²) in [6.45, 7) is 12.8. The minimum atomic E-state index is -0.281. The predicted molar refractivity (Wildman–Crippen MR) is 143 cm³/mol. The fourth-order valence-corrected chi connectivity index (χ4v) is 4.53. The van der Waals surface area contributed by atoms with Gasteiger partial charge in [-0.15, -0.1) is 0 Å². The third-order valence-corrected chi connectivity index (χ3v) is 6.00. The van der Waals surface area contributed by atoms with Crippen LogP contribution in [0.25, 0.3) is 0 Å². The van der Waals surface area contributed by atoms with Gasteiger partial charge in [0.2, 0.25) is 0 Å². The minimum absolute atomic E-state index is 0.0266. The van der Waals surface area contributed by atoms with Crippen LogP contribution in [-0.4, -0.2) is 45.0 Å². The van der Waals surface area contributed by atoms with E-state index in [-0.39, 0.29) is 30.1 Å². The quantitative estimate of drug-likeness (QED) is 0.438. The Bertz CT molecular complexity index is 1260. The van der Waals surface area contributed by atoms with Crippen molar-refractivity contribution in [3.8, 4) is 11.5 Å². The van der Waals surface area contributed by atoms with E-state index in [0.29, 0.717) is 42.3 Å². The largest absolute Gasteiger partial charge is 0.491 e. The highest BCUT2D eigenvalue weighted by Crippen LogP contribution is 2.27. The van der Waals surface area contributed by atoms with Crippen molar-refractivity contribution in [3.05, 3.63) is 71.3 Å². The molecule has 0 saturated heterocycles. The van der Waals surface area contributed by atoms with Crippen LogP contribution < -0.4 is 14.8 Å². The second-order valence-corrected chi connectivity index (χ2v) is 10.1. The number of hydrogen-bond donors (Lipinski definition) is 1. The van der Waals surface area contributed by atoms with Crippen molar-refractivity contribution in [2.24, 2.45) is 0 Å². The Labute approximate surface area is 218 Å². The average molecular weight is 505 g/mol. The van der Waals surface area contributed by atoms with Gasteiger partial charge in [0.1, 0.15) is 11.5 Å². The summed E-state index contributed by atoms with van der Waals surface area (Å²) in [5, 5.41) is 2.95. The second-order valence-electron chi connectivity index (χ2n) is 10.1. The van der Waals surface area contributed by atoms with Gasteiger partial charge in [-0.1, -0.05) is 6.07 Å². The number of ether oxygens (including phenoxy) is 2. The molecule has 1 aromatic heterocycles. The molecule has 2 amide bonds. The number of carbonyl (C=O) groups excluding carboxylic acids is 2. The number of nitrogens with one attached hydrogen (secondary N) is 1. The molecule has 1 N–H and O–H groups in total. The molecule has 0 aliphatic carbocycles. The molecule has 2 aromatic carbocycles. The summed E-state index contributed by atoms with van der Waals surface area (Å²) in [5.41, 5.74) is 3.00. The van der Waals surface area contributed by atoms with Crippen molar-refractivity contribution in [2.75, 3.05) is 11.9 Å². The van der Waals surface area contributed by atoms with Crippen LogP contribution >= 0.6 is 0 Å². The van der Waals surface area contributed by atoms with Crippen LogP contribution in [0, 0.1) is 0 Å². The van der Waals surface area contributed by atoms with Gasteiger partial charge in [-0.3, -0.25) is 9.59 Å². The summed E-state index contributed by atoms with van der Waals surface area (Å²) < 4.78 is 13.4. The third kappa shape index (κ3) is 6.13. The first-order chi connectivity index (χ1) is 17.6. The second kappa shape index (κ2) is 11.1. The van der Waals surface area contributed by atoms with Crippen molar-refractivity contribution < 1.29 is 19.1 Å². The van der Waals surface area contributed by atoms with E-state index in [9.17, 15) is 9.59 Å². The van der Waals surface area contributed by atoms with E-state index in [4.69, 9.17) is 14.5 Å². The van der Waals surface area contributed by atoms with E-state index >= 15 is 0 Å². The maximum absolute atomic E-state index is 13.3. The van der Waals surface area contributed by atoms with Crippen molar-refractivity contribution in [1.29, 1.82) is 0 Å². The van der Waals surface area contributed by atoms with Crippen molar-refractivity contribution in [2.45, 2.75) is 72.8 Å². The summed E-state index contributed by atoms with van der Waals surface area (Å²) in [6.07, 6.45) is 0.732. The fraction of sp³-hybridized carbons (Fsp3) is 0.414. The molecule has 196 valence electrons. The zero-order valence-corrected chi connectivity index (χ0v) is 22.4. The number of imidazole rings is 1. The molecule has 8 heteroatoms. The molecule has 0 unspecified atom stereocenters. The molecule has 3 aromatic rings. The topological polar surface area (TPSA) is 85.7 Å². The van der Waals surface area contributed by atoms with E-state index in [2.05, 4.69) is 5.32 Å². The lowest BCUT2D eigenvalue weighted by Gasteiger charge is -2.28. The molecule has 0 bridgehead atoms. The number of fused-ring (bicyclic) bond motifs is 1. The molecule has 0 radical (unpaired) electrons. The monoisotopic (exact) mass is 504 g/mol. The Hall–Kier alpha value is -3.81. The Balaban J connectivity index is 1.52. The maximum atomic E-state index is 13.3. The number of anilines is 1. The average Bonchev–Trinajstić information content (AvgIpc) is 3.23. The number of aromatic nitrogens is 2. The van der Waals surface area contributed by atoms with Crippen molar-refractivity contribution in [3.63, 3.8) is 0 Å². The van der Waals surface area contributed by atoms with E-state index in [1.54, 1.807) is 17.0 Å². The molecule has 0 atom stereocenters. The maximum Gasteiger partial charge on any atom is 0.291 e. The minimum Gasteiger partial charge on any atom is -0.491 e. The SMILES string of the molecule is CC(C)Oc1ccc(NC(=O)c2nc3c(n2C(C)C)CCN(C(=O)c2cccc(OC(C)C)c2)C3)cc1. The van der Waals surface area contributed by atoms with Gasteiger partial charge in [-0.2, -0.15) is 0 Å². The molecule has 0 spiro atoms. The molecule has 37 heavy (non-hydrogen) atoms. The molecule has 0 fully saturated rings. The highest BCUT2D eigenvalue weighted by atomic mass is 16.5. The standard InChI is InChI=1S/C29H36N4O4/c1-18(2)33-26-14-15-32(29(35)21-8-7-9-24(16-21)37-20(5)6)17-25(26)31-27(33)28(34)30-22-10-12-23(13-11-22)36-19(3)4/h7-13,16,18-20H,14-15,17H2,1-6H3,(H,30,34). The van der Waals surface area contributed by atoms with Gasteiger partial charge in [-0.05, 0) is 84.0 Å². The number of hydrogen-bond acceptors (Lipinski definition) is 5. The van der Waals surface area contributed by atoms with Crippen LogP contribution in [0.2, 0.25) is 0 Å². The Morgan fingerprint density at radius 1 is 0.919 bits per heavy atom. The zero-order valence-electron chi connectivity index (χ0n) is 22.4. The first-order valence-corrected chi connectivity index (χ1v) is 12.9. The number of amides is 2. The lowest BCUT2D eigenvalue weighted by molar-refractivity contribution is 0.0730. The summed E-state index contributed by atoms with van der Waals surface area (Å²) in [4.78, 5) is 33.0. The van der Waals surface area contributed by atoms with Gasteiger partial charge in [-0.25, -0.2) is 4.98 Å². The van der Waals surface area contributed by atoms with E-state index in [1.165, 1.54) is 0 Å². The van der Waals surface area contributed by atoms with Crippen LogP contribution in [0.4, 0.5) is 5.69 Å². The normalized spacial score (nSPS) is 13.2. The first kappa shape index (κ1) is 26.3. The van der Waals surface area contributed by atoms with Crippen LogP contribution in [0.15, 0.2) is 48.5 Å². The summed E-state index contributed by atoms with van der Waals surface area (Å²) >= 11 is 0. The summed E-state index contributed by atoms with van der Waals surface area (Å²) in [5.74, 6) is 1.42. The van der Waals surface area contributed by atoms with Crippen molar-refractivity contribution >= 4 is 17.5 Å². The van der Waals surface area contributed by atoms with Crippen LogP contribution in [0.1, 0.15) is 79.9 Å². The molecule has 8 nitrogen and oxygen atoms in total. The Kier molecular flexibility index (Phi) is 7.86. The first-order valence-electron chi connectivity index (χ1n) is 12.9. The zero-order chi connectivity index (χ0) is 26.7. The summed E-state index contributed by atoms with van der Waals surface area (Å²) in [6, 6.07) is 14.6. The smallest absolute Gasteiger partial charge is 0.291 e. The molecule has 1 aliphatic heterocycles. The van der Waals surface area contributed by atoms with Crippen LogP contribution in [0.5, 0.6) is 11.5 Å². The van der Waals surface area contributed by atoms with E-state index in [0.717, 1.165) is 17.1 Å². The van der Waals surface area contributed by atoms with Crippen LogP contribution in [0.3, 0.4) is 0 Å².